The summed E-state index contributed by atoms with van der Waals surface area (Å²) in [5, 5.41) is 12.3. The molecular formula is C13H25NO3. The maximum Gasteiger partial charge on any atom is 0.220 e. The van der Waals surface area contributed by atoms with Crippen molar-refractivity contribution in [2.24, 2.45) is 11.8 Å². The number of ether oxygens (including phenoxy) is 1. The van der Waals surface area contributed by atoms with Crippen molar-refractivity contribution in [3.8, 4) is 0 Å². The topological polar surface area (TPSA) is 58.6 Å². The van der Waals surface area contributed by atoms with Crippen LogP contribution >= 0.6 is 0 Å². The molecule has 0 bridgehead atoms. The Balaban J connectivity index is 2.33. The summed E-state index contributed by atoms with van der Waals surface area (Å²) in [6.45, 7) is 2.80. The zero-order valence-electron chi connectivity index (χ0n) is 10.9. The van der Waals surface area contributed by atoms with Crippen LogP contribution < -0.4 is 5.32 Å². The maximum absolute atomic E-state index is 11.8. The predicted molar refractivity (Wildman–Crippen MR) is 66.6 cm³/mol. The van der Waals surface area contributed by atoms with Crippen molar-refractivity contribution in [2.75, 3.05) is 20.3 Å². The van der Waals surface area contributed by atoms with Gasteiger partial charge in [0.15, 0.2) is 0 Å². The molecule has 1 fully saturated rings. The van der Waals surface area contributed by atoms with Gasteiger partial charge >= 0.3 is 0 Å². The first-order chi connectivity index (χ1) is 8.17. The van der Waals surface area contributed by atoms with Crippen LogP contribution in [-0.2, 0) is 9.53 Å². The van der Waals surface area contributed by atoms with Crippen molar-refractivity contribution in [2.45, 2.75) is 45.1 Å². The van der Waals surface area contributed by atoms with Crippen LogP contribution in [0.15, 0.2) is 0 Å². The van der Waals surface area contributed by atoms with Gasteiger partial charge in [0.25, 0.3) is 0 Å². The van der Waals surface area contributed by atoms with Gasteiger partial charge in [0.1, 0.15) is 0 Å². The molecule has 0 aromatic carbocycles. The van der Waals surface area contributed by atoms with E-state index in [0.29, 0.717) is 13.0 Å². The summed E-state index contributed by atoms with van der Waals surface area (Å²) in [5.41, 5.74) is 0. The van der Waals surface area contributed by atoms with Crippen molar-refractivity contribution in [3.63, 3.8) is 0 Å². The van der Waals surface area contributed by atoms with Crippen LogP contribution in [0, 0.1) is 11.8 Å². The van der Waals surface area contributed by atoms with Crippen LogP contribution in [0.1, 0.15) is 39.0 Å². The summed E-state index contributed by atoms with van der Waals surface area (Å²) < 4.78 is 5.02. The number of nitrogens with one attached hydrogen (secondary N) is 1. The minimum Gasteiger partial charge on any atom is -0.396 e. The van der Waals surface area contributed by atoms with Gasteiger partial charge in [-0.05, 0) is 18.8 Å². The zero-order valence-corrected chi connectivity index (χ0v) is 10.9. The van der Waals surface area contributed by atoms with Crippen molar-refractivity contribution >= 4 is 5.91 Å². The van der Waals surface area contributed by atoms with Crippen molar-refractivity contribution in [1.82, 2.24) is 5.32 Å². The van der Waals surface area contributed by atoms with E-state index >= 15 is 0 Å². The Hall–Kier alpha value is -0.610. The molecule has 0 aromatic heterocycles. The molecule has 1 aliphatic rings. The molecule has 2 N–H and O–H groups in total. The number of methoxy groups -OCH3 is 1. The van der Waals surface area contributed by atoms with Crippen LogP contribution in [0.3, 0.4) is 0 Å². The Bertz CT molecular complexity index is 233. The van der Waals surface area contributed by atoms with E-state index in [1.54, 1.807) is 7.11 Å². The van der Waals surface area contributed by atoms with Crippen LogP contribution in [0.4, 0.5) is 0 Å². The average molecular weight is 243 g/mol. The molecule has 0 aromatic rings. The molecule has 0 saturated heterocycles. The summed E-state index contributed by atoms with van der Waals surface area (Å²) >= 11 is 0. The maximum atomic E-state index is 11.8. The van der Waals surface area contributed by atoms with E-state index in [9.17, 15) is 9.90 Å². The molecule has 4 heteroatoms. The minimum absolute atomic E-state index is 0.0832. The molecule has 0 radical (unpaired) electrons. The number of hydrogen-bond donors (Lipinski definition) is 2. The third kappa shape index (κ3) is 5.04. The third-order valence-electron chi connectivity index (χ3n) is 3.48. The number of carbonyl (C=O) groups is 1. The molecule has 17 heavy (non-hydrogen) atoms. The highest BCUT2D eigenvalue weighted by Gasteiger charge is 2.25. The van der Waals surface area contributed by atoms with E-state index in [0.717, 1.165) is 25.7 Å². The van der Waals surface area contributed by atoms with E-state index in [4.69, 9.17) is 4.74 Å². The minimum atomic E-state index is 0.0832. The summed E-state index contributed by atoms with van der Waals surface area (Å²) in [5.74, 6) is 0.571. The first kappa shape index (κ1) is 14.5. The lowest BCUT2D eigenvalue weighted by Gasteiger charge is -2.31. The molecule has 0 heterocycles. The Kier molecular flexibility index (Phi) is 6.52. The fourth-order valence-electron chi connectivity index (χ4n) is 2.54. The second-order valence-electron chi connectivity index (χ2n) is 5.17. The summed E-state index contributed by atoms with van der Waals surface area (Å²) in [6, 6.07) is 0.163. The Morgan fingerprint density at radius 2 is 2.18 bits per heavy atom. The van der Waals surface area contributed by atoms with E-state index in [-0.39, 0.29) is 30.4 Å². The molecule has 3 unspecified atom stereocenters. The van der Waals surface area contributed by atoms with Gasteiger partial charge < -0.3 is 15.2 Å². The molecule has 1 saturated carbocycles. The largest absolute Gasteiger partial charge is 0.396 e. The van der Waals surface area contributed by atoms with E-state index in [1.807, 2.05) is 6.92 Å². The molecule has 1 aliphatic carbocycles. The van der Waals surface area contributed by atoms with Crippen LogP contribution in [-0.4, -0.2) is 37.4 Å². The van der Waals surface area contributed by atoms with Crippen LogP contribution in [0.2, 0.25) is 0 Å². The monoisotopic (exact) mass is 243 g/mol. The Morgan fingerprint density at radius 1 is 1.47 bits per heavy atom. The lowest BCUT2D eigenvalue weighted by molar-refractivity contribution is -0.123. The molecule has 3 atom stereocenters. The number of rotatable bonds is 6. The fourth-order valence-corrected chi connectivity index (χ4v) is 2.54. The highest BCUT2D eigenvalue weighted by atomic mass is 16.5. The summed E-state index contributed by atoms with van der Waals surface area (Å²) in [6.07, 6.45) is 4.83. The van der Waals surface area contributed by atoms with Gasteiger partial charge in [-0.25, -0.2) is 0 Å². The molecule has 4 nitrogen and oxygen atoms in total. The van der Waals surface area contributed by atoms with Gasteiger partial charge in [-0.3, -0.25) is 4.79 Å². The smallest absolute Gasteiger partial charge is 0.220 e. The molecule has 100 valence electrons. The first-order valence-electron chi connectivity index (χ1n) is 6.56. The van der Waals surface area contributed by atoms with Crippen molar-refractivity contribution in [1.29, 1.82) is 0 Å². The van der Waals surface area contributed by atoms with Gasteiger partial charge in [-0.15, -0.1) is 0 Å². The standard InChI is InChI=1S/C13H25NO3/c1-10(9-17-2)7-13(16)14-12-6-4-3-5-11(12)8-15/h10-12,15H,3-9H2,1-2H3,(H,14,16). The van der Waals surface area contributed by atoms with E-state index in [1.165, 1.54) is 0 Å². The predicted octanol–water partition coefficient (Wildman–Crippen LogP) is 1.33. The lowest BCUT2D eigenvalue weighted by Crippen LogP contribution is -2.43. The summed E-state index contributed by atoms with van der Waals surface area (Å²) in [7, 11) is 1.65. The van der Waals surface area contributed by atoms with Gasteiger partial charge in [-0.2, -0.15) is 0 Å². The Labute approximate surface area is 104 Å². The summed E-state index contributed by atoms with van der Waals surface area (Å²) in [4.78, 5) is 11.8. The molecule has 0 aliphatic heterocycles. The van der Waals surface area contributed by atoms with Gasteiger partial charge in [0.05, 0.1) is 0 Å². The van der Waals surface area contributed by atoms with E-state index in [2.05, 4.69) is 5.32 Å². The van der Waals surface area contributed by atoms with E-state index < -0.39 is 0 Å². The third-order valence-corrected chi connectivity index (χ3v) is 3.48. The van der Waals surface area contributed by atoms with Crippen molar-refractivity contribution < 1.29 is 14.6 Å². The number of aliphatic hydroxyl groups excluding tert-OH is 1. The molecule has 0 spiro atoms. The fraction of sp³-hybridized carbons (Fsp3) is 0.923. The number of hydrogen-bond acceptors (Lipinski definition) is 3. The van der Waals surface area contributed by atoms with Crippen molar-refractivity contribution in [3.05, 3.63) is 0 Å². The first-order valence-corrected chi connectivity index (χ1v) is 6.56. The van der Waals surface area contributed by atoms with Crippen LogP contribution in [0.5, 0.6) is 0 Å². The highest BCUT2D eigenvalue weighted by Crippen LogP contribution is 2.24. The van der Waals surface area contributed by atoms with Gasteiger partial charge in [0.2, 0.25) is 5.91 Å². The second-order valence-corrected chi connectivity index (χ2v) is 5.17. The molecule has 1 rings (SSSR count). The van der Waals surface area contributed by atoms with Crippen LogP contribution in [0.25, 0.3) is 0 Å². The number of carbonyl (C=O) groups excluding carboxylic acids is 1. The average Bonchev–Trinajstić information content (AvgIpc) is 2.29. The van der Waals surface area contributed by atoms with Gasteiger partial charge in [-0.1, -0.05) is 19.8 Å². The lowest BCUT2D eigenvalue weighted by atomic mass is 9.85. The molecule has 1 amide bonds. The molecular weight excluding hydrogens is 218 g/mol. The normalized spacial score (nSPS) is 26.5. The SMILES string of the molecule is COCC(C)CC(=O)NC1CCCCC1CO. The second kappa shape index (κ2) is 7.67. The quantitative estimate of drug-likeness (QED) is 0.740. The number of amides is 1. The Morgan fingerprint density at radius 3 is 2.82 bits per heavy atom. The highest BCUT2D eigenvalue weighted by molar-refractivity contribution is 5.76. The zero-order chi connectivity index (χ0) is 12.7. The van der Waals surface area contributed by atoms with Gasteiger partial charge in [0, 0.05) is 38.7 Å². The number of aliphatic hydroxyl groups is 1.